The van der Waals surface area contributed by atoms with Gasteiger partial charge in [-0.1, -0.05) is 0 Å². The molecule has 4 nitrogen and oxygen atoms in total. The Hall–Kier alpha value is -0.680. The molecule has 0 aliphatic carbocycles. The van der Waals surface area contributed by atoms with E-state index in [1.807, 2.05) is 13.8 Å². The fourth-order valence-electron chi connectivity index (χ4n) is 0.507. The summed E-state index contributed by atoms with van der Waals surface area (Å²) in [7, 11) is 0. The van der Waals surface area contributed by atoms with Crippen LogP contribution in [-0.2, 0) is 14.3 Å². The molecule has 0 saturated heterocycles. The van der Waals surface area contributed by atoms with Crippen molar-refractivity contribution in [1.82, 2.24) is 0 Å². The fraction of sp³-hybridized carbons (Fsp3) is 0.857. The summed E-state index contributed by atoms with van der Waals surface area (Å²) in [4.78, 5) is 9.89. The molecular weight excluding hydrogens is 167 g/mol. The molecule has 1 atom stereocenters. The summed E-state index contributed by atoms with van der Waals surface area (Å²) in [5.74, 6) is -1.61. The van der Waals surface area contributed by atoms with Crippen molar-refractivity contribution in [3.8, 4) is 0 Å². The van der Waals surface area contributed by atoms with Crippen molar-refractivity contribution in [2.75, 3.05) is 13.2 Å². The van der Waals surface area contributed by atoms with E-state index in [-0.39, 0.29) is 19.3 Å². The average molecular weight is 180 g/mol. The van der Waals surface area contributed by atoms with E-state index in [4.69, 9.17) is 9.84 Å². The first kappa shape index (κ1) is 11.3. The van der Waals surface area contributed by atoms with Gasteiger partial charge in [0, 0.05) is 0 Å². The van der Waals surface area contributed by atoms with Gasteiger partial charge in [-0.15, -0.1) is 0 Å². The van der Waals surface area contributed by atoms with E-state index in [1.165, 1.54) is 0 Å². The predicted octanol–water partition coefficient (Wildman–Crippen LogP) is 0.808. The van der Waals surface area contributed by atoms with Gasteiger partial charge in [-0.05, 0) is 13.8 Å². The summed E-state index contributed by atoms with van der Waals surface area (Å²) in [6.45, 7) is 3.80. The molecule has 0 heterocycles. The molecule has 0 aromatic heterocycles. The molecule has 0 spiro atoms. The molecule has 12 heavy (non-hydrogen) atoms. The first-order valence-electron chi connectivity index (χ1n) is 3.64. The van der Waals surface area contributed by atoms with Gasteiger partial charge in [0.05, 0.1) is 19.3 Å². The lowest BCUT2D eigenvalue weighted by Gasteiger charge is -2.08. The molecule has 0 rings (SSSR count). The first-order valence-corrected chi connectivity index (χ1v) is 3.64. The van der Waals surface area contributed by atoms with Crippen LogP contribution in [0.4, 0.5) is 4.39 Å². The number of carbonyl (C=O) groups is 1. The third-order valence-electron chi connectivity index (χ3n) is 0.993. The lowest BCUT2D eigenvalue weighted by atomic mass is 10.5. The molecule has 0 aliphatic heterocycles. The highest BCUT2D eigenvalue weighted by Crippen LogP contribution is 1.94. The lowest BCUT2D eigenvalue weighted by Crippen LogP contribution is -2.21. The highest BCUT2D eigenvalue weighted by molar-refractivity contribution is 5.70. The van der Waals surface area contributed by atoms with Crippen molar-refractivity contribution >= 4 is 5.97 Å². The van der Waals surface area contributed by atoms with Gasteiger partial charge >= 0.3 is 5.97 Å². The Kier molecular flexibility index (Phi) is 5.57. The van der Waals surface area contributed by atoms with E-state index in [1.54, 1.807) is 0 Å². The van der Waals surface area contributed by atoms with Gasteiger partial charge in [0.25, 0.3) is 6.36 Å². The number of ether oxygens (including phenoxy) is 2. The molecule has 1 N–H and O–H groups in total. The standard InChI is InChI=1S/C7H13FO4/c1-5(2)11-3-4-12-6(8)7(9)10/h5-6H,3-4H2,1-2H3,(H,9,10). The number of rotatable bonds is 6. The molecular formula is C7H13FO4. The summed E-state index contributed by atoms with van der Waals surface area (Å²) in [6.07, 6.45) is -2.21. The highest BCUT2D eigenvalue weighted by atomic mass is 19.1. The summed E-state index contributed by atoms with van der Waals surface area (Å²) in [5, 5.41) is 8.05. The molecule has 0 fully saturated rings. The Balaban J connectivity index is 3.25. The number of carboxylic acid groups (broad SMARTS) is 1. The van der Waals surface area contributed by atoms with Crippen LogP contribution in [0.2, 0.25) is 0 Å². The van der Waals surface area contributed by atoms with Crippen molar-refractivity contribution in [1.29, 1.82) is 0 Å². The van der Waals surface area contributed by atoms with Crippen LogP contribution in [-0.4, -0.2) is 36.8 Å². The first-order chi connectivity index (χ1) is 5.54. The number of hydrogen-bond donors (Lipinski definition) is 1. The topological polar surface area (TPSA) is 55.8 Å². The Bertz CT molecular complexity index is 137. The fourth-order valence-corrected chi connectivity index (χ4v) is 0.507. The van der Waals surface area contributed by atoms with Gasteiger partial charge < -0.3 is 14.6 Å². The van der Waals surface area contributed by atoms with Gasteiger partial charge in [-0.3, -0.25) is 0 Å². The normalized spacial score (nSPS) is 13.3. The van der Waals surface area contributed by atoms with Crippen molar-refractivity contribution in [2.24, 2.45) is 0 Å². The summed E-state index contributed by atoms with van der Waals surface area (Å²) in [6, 6.07) is 0. The molecule has 1 unspecified atom stereocenters. The predicted molar refractivity (Wildman–Crippen MR) is 39.6 cm³/mol. The SMILES string of the molecule is CC(C)OCCOC(F)C(=O)O. The molecule has 0 radical (unpaired) electrons. The van der Waals surface area contributed by atoms with E-state index in [0.29, 0.717) is 0 Å². The van der Waals surface area contributed by atoms with Crippen LogP contribution in [0, 0.1) is 0 Å². The number of carboxylic acids is 1. The third-order valence-corrected chi connectivity index (χ3v) is 0.993. The monoisotopic (exact) mass is 180 g/mol. The Morgan fingerprint density at radius 3 is 2.33 bits per heavy atom. The van der Waals surface area contributed by atoms with Crippen molar-refractivity contribution in [2.45, 2.75) is 26.3 Å². The van der Waals surface area contributed by atoms with Crippen LogP contribution >= 0.6 is 0 Å². The minimum absolute atomic E-state index is 0.0384. The number of hydrogen-bond acceptors (Lipinski definition) is 3. The molecule has 0 aromatic carbocycles. The van der Waals surface area contributed by atoms with E-state index in [2.05, 4.69) is 4.74 Å². The van der Waals surface area contributed by atoms with Gasteiger partial charge in [-0.25, -0.2) is 9.18 Å². The van der Waals surface area contributed by atoms with Crippen LogP contribution in [0.25, 0.3) is 0 Å². The minimum Gasteiger partial charge on any atom is -0.477 e. The minimum atomic E-state index is -2.25. The van der Waals surface area contributed by atoms with Crippen molar-refractivity contribution < 1.29 is 23.8 Å². The summed E-state index contributed by atoms with van der Waals surface area (Å²) in [5.41, 5.74) is 0. The largest absolute Gasteiger partial charge is 0.477 e. The van der Waals surface area contributed by atoms with Crippen LogP contribution in [0.15, 0.2) is 0 Å². The maximum Gasteiger partial charge on any atom is 0.366 e. The Labute approximate surface area is 70.3 Å². The second kappa shape index (κ2) is 5.91. The zero-order valence-electron chi connectivity index (χ0n) is 7.12. The smallest absolute Gasteiger partial charge is 0.366 e. The number of alkyl halides is 1. The van der Waals surface area contributed by atoms with Crippen LogP contribution in [0.5, 0.6) is 0 Å². The average Bonchev–Trinajstić information content (AvgIpc) is 1.97. The molecule has 0 aromatic rings. The highest BCUT2D eigenvalue weighted by Gasteiger charge is 2.14. The van der Waals surface area contributed by atoms with Crippen molar-refractivity contribution in [3.05, 3.63) is 0 Å². The Morgan fingerprint density at radius 1 is 1.42 bits per heavy atom. The number of halogens is 1. The zero-order chi connectivity index (χ0) is 9.56. The molecule has 0 amide bonds. The maximum atomic E-state index is 12.2. The molecule has 5 heteroatoms. The van der Waals surface area contributed by atoms with Crippen LogP contribution < -0.4 is 0 Å². The molecule has 0 saturated carbocycles. The lowest BCUT2D eigenvalue weighted by molar-refractivity contribution is -0.165. The van der Waals surface area contributed by atoms with Gasteiger partial charge in [-0.2, -0.15) is 0 Å². The molecule has 72 valence electrons. The second-order valence-electron chi connectivity index (χ2n) is 2.44. The zero-order valence-corrected chi connectivity index (χ0v) is 7.12. The van der Waals surface area contributed by atoms with E-state index in [0.717, 1.165) is 0 Å². The van der Waals surface area contributed by atoms with Crippen molar-refractivity contribution in [3.63, 3.8) is 0 Å². The van der Waals surface area contributed by atoms with Gasteiger partial charge in [0.15, 0.2) is 0 Å². The van der Waals surface area contributed by atoms with E-state index >= 15 is 0 Å². The quantitative estimate of drug-likeness (QED) is 0.614. The van der Waals surface area contributed by atoms with Crippen LogP contribution in [0.1, 0.15) is 13.8 Å². The van der Waals surface area contributed by atoms with E-state index in [9.17, 15) is 9.18 Å². The van der Waals surface area contributed by atoms with Crippen LogP contribution in [0.3, 0.4) is 0 Å². The van der Waals surface area contributed by atoms with E-state index < -0.39 is 12.3 Å². The third kappa shape index (κ3) is 6.06. The summed E-state index contributed by atoms with van der Waals surface area (Å²) < 4.78 is 21.4. The van der Waals surface area contributed by atoms with Gasteiger partial charge in [0.1, 0.15) is 0 Å². The second-order valence-corrected chi connectivity index (χ2v) is 2.44. The van der Waals surface area contributed by atoms with Gasteiger partial charge in [0.2, 0.25) is 0 Å². The molecule has 0 bridgehead atoms. The number of aliphatic carboxylic acids is 1. The maximum absolute atomic E-state index is 12.2. The summed E-state index contributed by atoms with van der Waals surface area (Å²) >= 11 is 0. The molecule has 0 aliphatic rings. The Morgan fingerprint density at radius 2 is 1.92 bits per heavy atom.